The molecule has 7 nitrogen and oxygen atoms in total. The second-order valence-electron chi connectivity index (χ2n) is 8.74. The number of hydrogen-bond donors (Lipinski definition) is 0. The molecule has 1 amide bonds. The molecular weight excluding hydrogens is 466 g/mol. The summed E-state index contributed by atoms with van der Waals surface area (Å²) >= 11 is 2.90. The van der Waals surface area contributed by atoms with Crippen LogP contribution in [0.15, 0.2) is 9.95 Å². The molecule has 2 aromatic rings. The number of aryl methyl sites for hydroxylation is 2. The molecule has 3 heterocycles. The van der Waals surface area contributed by atoms with Crippen molar-refractivity contribution in [3.8, 4) is 0 Å². The van der Waals surface area contributed by atoms with Gasteiger partial charge in [0, 0.05) is 23.5 Å². The summed E-state index contributed by atoms with van der Waals surface area (Å²) < 4.78 is 25.7. The van der Waals surface area contributed by atoms with E-state index < -0.39 is 9.84 Å². The maximum atomic E-state index is 13.3. The number of aromatic nitrogens is 2. The first kappa shape index (κ1) is 23.8. The molecule has 1 aliphatic heterocycles. The van der Waals surface area contributed by atoms with Crippen molar-refractivity contribution in [2.45, 2.75) is 83.1 Å². The molecule has 0 spiro atoms. The molecule has 0 aromatic carbocycles. The Bertz CT molecular complexity index is 1190. The van der Waals surface area contributed by atoms with Crippen molar-refractivity contribution in [1.29, 1.82) is 0 Å². The van der Waals surface area contributed by atoms with Crippen molar-refractivity contribution < 1.29 is 13.2 Å². The molecule has 0 saturated carbocycles. The van der Waals surface area contributed by atoms with Gasteiger partial charge in [0.1, 0.15) is 4.83 Å². The molecule has 0 radical (unpaired) electrons. The Morgan fingerprint density at radius 2 is 2.06 bits per heavy atom. The normalized spacial score (nSPS) is 20.9. The highest BCUT2D eigenvalue weighted by Gasteiger charge is 2.36. The first-order valence-corrected chi connectivity index (χ1v) is 15.1. The number of nitrogens with zero attached hydrogens (tertiary/aromatic N) is 3. The highest BCUT2D eigenvalue weighted by molar-refractivity contribution is 7.99. The van der Waals surface area contributed by atoms with Crippen molar-refractivity contribution >= 4 is 49.1 Å². The van der Waals surface area contributed by atoms with Gasteiger partial charge in [0.25, 0.3) is 5.56 Å². The van der Waals surface area contributed by atoms with Crippen molar-refractivity contribution in [3.63, 3.8) is 0 Å². The number of sulfone groups is 1. The van der Waals surface area contributed by atoms with Gasteiger partial charge in [-0.25, -0.2) is 13.4 Å². The highest BCUT2D eigenvalue weighted by Crippen LogP contribution is 2.35. The smallest absolute Gasteiger partial charge is 0.263 e. The maximum absolute atomic E-state index is 13.3. The number of amides is 1. The van der Waals surface area contributed by atoms with Gasteiger partial charge < -0.3 is 4.90 Å². The maximum Gasteiger partial charge on any atom is 0.263 e. The zero-order valence-corrected chi connectivity index (χ0v) is 21.4. The van der Waals surface area contributed by atoms with E-state index in [9.17, 15) is 18.0 Å². The monoisotopic (exact) mass is 497 g/mol. The third kappa shape index (κ3) is 4.50. The van der Waals surface area contributed by atoms with Crippen molar-refractivity contribution in [2.75, 3.05) is 17.3 Å². The van der Waals surface area contributed by atoms with Gasteiger partial charge in [-0.05, 0) is 57.9 Å². The first-order chi connectivity index (χ1) is 15.3. The molecule has 1 aliphatic carbocycles. The lowest BCUT2D eigenvalue weighted by molar-refractivity contribution is -0.132. The lowest BCUT2D eigenvalue weighted by atomic mass is 9.97. The Hall–Kier alpha value is -1.39. The Balaban J connectivity index is 1.60. The molecule has 10 heteroatoms. The topological polar surface area (TPSA) is 89.3 Å². The number of thiophene rings is 1. The summed E-state index contributed by atoms with van der Waals surface area (Å²) in [5.41, 5.74) is 1.17. The largest absolute Gasteiger partial charge is 0.335 e. The molecule has 0 N–H and O–H groups in total. The second kappa shape index (κ2) is 9.46. The predicted molar refractivity (Wildman–Crippen MR) is 131 cm³/mol. The van der Waals surface area contributed by atoms with Gasteiger partial charge >= 0.3 is 0 Å². The van der Waals surface area contributed by atoms with Gasteiger partial charge in [0.05, 0.1) is 22.6 Å². The van der Waals surface area contributed by atoms with E-state index in [0.717, 1.165) is 42.3 Å². The molecule has 1 saturated heterocycles. The lowest BCUT2D eigenvalue weighted by Gasteiger charge is -2.33. The summed E-state index contributed by atoms with van der Waals surface area (Å²) in [5.74, 6) is 0.234. The highest BCUT2D eigenvalue weighted by atomic mass is 32.2. The van der Waals surface area contributed by atoms with Crippen molar-refractivity contribution in [3.05, 3.63) is 20.8 Å². The fraction of sp³-hybridized carbons (Fsp3) is 0.682. The average molecular weight is 498 g/mol. The van der Waals surface area contributed by atoms with E-state index in [1.54, 1.807) is 20.8 Å². The minimum Gasteiger partial charge on any atom is -0.335 e. The van der Waals surface area contributed by atoms with Gasteiger partial charge in [-0.15, -0.1) is 11.3 Å². The number of fused-ring (bicyclic) bond motifs is 3. The van der Waals surface area contributed by atoms with E-state index in [4.69, 9.17) is 4.98 Å². The first-order valence-electron chi connectivity index (χ1n) is 11.4. The number of rotatable bonds is 7. The molecule has 2 aromatic heterocycles. The van der Waals surface area contributed by atoms with Crippen LogP contribution in [-0.4, -0.2) is 58.1 Å². The fourth-order valence-corrected chi connectivity index (χ4v) is 8.76. The van der Waals surface area contributed by atoms with Gasteiger partial charge in [0.2, 0.25) is 5.91 Å². The van der Waals surface area contributed by atoms with E-state index in [2.05, 4.69) is 0 Å². The van der Waals surface area contributed by atoms with Gasteiger partial charge in [-0.3, -0.25) is 14.2 Å². The van der Waals surface area contributed by atoms with Crippen LogP contribution in [0.3, 0.4) is 0 Å². The standard InChI is InChI=1S/C22H31N3O4S3/c1-4-14(3)25(15-10-11-32(28,29)13-15)18(26)12-30-22-23-20-19(21(27)24(22)5-2)16-8-6-7-9-17(16)31-20/h14-15H,4-13H2,1-3H3/t14-,15+/m0/s1. The SMILES string of the molecule is CC[C@H](C)N(C(=O)CSc1nc2sc3c(c2c(=O)n1CC)CCCC3)[C@@H]1CCS(=O)(=O)C1. The summed E-state index contributed by atoms with van der Waals surface area (Å²) in [6.07, 6.45) is 5.47. The van der Waals surface area contributed by atoms with Crippen molar-refractivity contribution in [1.82, 2.24) is 14.5 Å². The second-order valence-corrected chi connectivity index (χ2v) is 13.0. The number of hydrogen-bond acceptors (Lipinski definition) is 7. The molecule has 2 atom stereocenters. The minimum atomic E-state index is -3.08. The van der Waals surface area contributed by atoms with Crippen LogP contribution >= 0.6 is 23.1 Å². The van der Waals surface area contributed by atoms with Crippen LogP contribution in [0.1, 0.15) is 56.9 Å². The summed E-state index contributed by atoms with van der Waals surface area (Å²) in [4.78, 5) is 35.1. The predicted octanol–water partition coefficient (Wildman–Crippen LogP) is 3.26. The molecule has 176 valence electrons. The summed E-state index contributed by atoms with van der Waals surface area (Å²) in [6.45, 7) is 6.40. The lowest BCUT2D eigenvalue weighted by Crippen LogP contribution is -2.47. The molecule has 1 fully saturated rings. The minimum absolute atomic E-state index is 0.00693. The molecule has 0 bridgehead atoms. The Kier molecular flexibility index (Phi) is 7.03. The molecule has 0 unspecified atom stereocenters. The summed E-state index contributed by atoms with van der Waals surface area (Å²) in [6, 6.07) is -0.301. The van der Waals surface area contributed by atoms with Crippen LogP contribution in [0.5, 0.6) is 0 Å². The number of carbonyl (C=O) groups is 1. The van der Waals surface area contributed by atoms with Crippen molar-refractivity contribution in [2.24, 2.45) is 0 Å². The van der Waals surface area contributed by atoms with Crippen LogP contribution in [0.4, 0.5) is 0 Å². The van der Waals surface area contributed by atoms with E-state index in [1.807, 2.05) is 20.8 Å². The Morgan fingerprint density at radius 1 is 1.31 bits per heavy atom. The van der Waals surface area contributed by atoms with E-state index >= 15 is 0 Å². The number of thioether (sulfide) groups is 1. The van der Waals surface area contributed by atoms with E-state index in [1.165, 1.54) is 22.2 Å². The van der Waals surface area contributed by atoms with Crippen LogP contribution in [0.2, 0.25) is 0 Å². The number of carbonyl (C=O) groups excluding carboxylic acids is 1. The third-order valence-electron chi connectivity index (χ3n) is 6.64. The van der Waals surface area contributed by atoms with Crippen LogP contribution in [0, 0.1) is 0 Å². The van der Waals surface area contributed by atoms with E-state index in [-0.39, 0.29) is 40.8 Å². The van der Waals surface area contributed by atoms with Crippen LogP contribution in [0.25, 0.3) is 10.2 Å². The third-order valence-corrected chi connectivity index (χ3v) is 10.5. The van der Waals surface area contributed by atoms with Gasteiger partial charge in [-0.2, -0.15) is 0 Å². The average Bonchev–Trinajstić information content (AvgIpc) is 3.31. The molecule has 32 heavy (non-hydrogen) atoms. The summed E-state index contributed by atoms with van der Waals surface area (Å²) in [7, 11) is -3.08. The zero-order valence-electron chi connectivity index (χ0n) is 18.9. The summed E-state index contributed by atoms with van der Waals surface area (Å²) in [5, 5.41) is 1.33. The molecule has 2 aliphatic rings. The zero-order chi connectivity index (χ0) is 23.0. The molecule has 4 rings (SSSR count). The van der Waals surface area contributed by atoms with Crippen LogP contribution < -0.4 is 5.56 Å². The van der Waals surface area contributed by atoms with Gasteiger partial charge in [-0.1, -0.05) is 18.7 Å². The van der Waals surface area contributed by atoms with Gasteiger partial charge in [0.15, 0.2) is 15.0 Å². The fourth-order valence-electron chi connectivity index (χ4n) is 4.81. The Morgan fingerprint density at radius 3 is 2.72 bits per heavy atom. The molecular formula is C22H31N3O4S3. The Labute approximate surface area is 197 Å². The van der Waals surface area contributed by atoms with Crippen LogP contribution in [-0.2, 0) is 34.0 Å². The van der Waals surface area contributed by atoms with E-state index in [0.29, 0.717) is 18.1 Å². The quantitative estimate of drug-likeness (QED) is 0.431.